The number of benzene rings is 3. The van der Waals surface area contributed by atoms with E-state index < -0.39 is 0 Å². The summed E-state index contributed by atoms with van der Waals surface area (Å²) in [5.41, 5.74) is 6.18. The Kier molecular flexibility index (Phi) is 6.43. The molecule has 0 spiro atoms. The van der Waals surface area contributed by atoms with Gasteiger partial charge in [0.25, 0.3) is 0 Å². The Morgan fingerprint density at radius 2 is 1.88 bits per heavy atom. The number of hydrogen-bond acceptors (Lipinski definition) is 6. The van der Waals surface area contributed by atoms with Crippen LogP contribution in [0.4, 0.5) is 0 Å². The highest BCUT2D eigenvalue weighted by atomic mass is 16.7. The van der Waals surface area contributed by atoms with Crippen molar-refractivity contribution in [3.63, 3.8) is 0 Å². The molecule has 0 saturated heterocycles. The van der Waals surface area contributed by atoms with Crippen LogP contribution in [0.5, 0.6) is 23.0 Å². The van der Waals surface area contributed by atoms with Crippen LogP contribution < -0.4 is 24.3 Å². The van der Waals surface area contributed by atoms with Gasteiger partial charge in [-0.05, 0) is 53.8 Å². The van der Waals surface area contributed by atoms with E-state index in [-0.39, 0.29) is 19.4 Å². The van der Waals surface area contributed by atoms with Gasteiger partial charge in [0.05, 0.1) is 19.8 Å². The minimum atomic E-state index is -0.133. The summed E-state index contributed by atoms with van der Waals surface area (Å²) in [5, 5.41) is 13.7. The van der Waals surface area contributed by atoms with Gasteiger partial charge in [-0.25, -0.2) is 0 Å². The predicted octanol–water partition coefficient (Wildman–Crippen LogP) is 4.70. The Morgan fingerprint density at radius 1 is 1.09 bits per heavy atom. The van der Waals surface area contributed by atoms with Crippen LogP contribution in [-0.4, -0.2) is 25.6 Å². The third-order valence-electron chi connectivity index (χ3n) is 6.35. The van der Waals surface area contributed by atoms with Crippen LogP contribution in [0.1, 0.15) is 39.4 Å². The fourth-order valence-electron chi connectivity index (χ4n) is 4.58. The first-order valence-corrected chi connectivity index (χ1v) is 11.5. The molecule has 6 nitrogen and oxygen atoms in total. The van der Waals surface area contributed by atoms with E-state index in [9.17, 15) is 5.11 Å². The van der Waals surface area contributed by atoms with Crippen LogP contribution in [-0.2, 0) is 19.6 Å². The van der Waals surface area contributed by atoms with Crippen molar-refractivity contribution in [3.8, 4) is 23.0 Å². The second-order valence-electron chi connectivity index (χ2n) is 8.50. The molecule has 1 atom stereocenters. The number of aryl methyl sites for hydroxylation is 1. The van der Waals surface area contributed by atoms with E-state index in [4.69, 9.17) is 18.9 Å². The number of aliphatic hydroxyl groups is 1. The molecular formula is C28H29NO5. The third kappa shape index (κ3) is 4.34. The van der Waals surface area contributed by atoms with Gasteiger partial charge in [0, 0.05) is 17.7 Å². The van der Waals surface area contributed by atoms with Crippen LogP contribution in [0.15, 0.2) is 54.6 Å². The number of ether oxygens (including phenoxy) is 4. The molecule has 3 aromatic rings. The molecule has 176 valence electrons. The molecule has 0 bridgehead atoms. The molecule has 2 heterocycles. The predicted molar refractivity (Wildman–Crippen MR) is 130 cm³/mol. The van der Waals surface area contributed by atoms with Gasteiger partial charge in [0.2, 0.25) is 6.79 Å². The van der Waals surface area contributed by atoms with E-state index in [2.05, 4.69) is 24.4 Å². The zero-order chi connectivity index (χ0) is 23.5. The van der Waals surface area contributed by atoms with Gasteiger partial charge in [-0.15, -0.1) is 0 Å². The van der Waals surface area contributed by atoms with Gasteiger partial charge in [-0.1, -0.05) is 42.5 Å². The van der Waals surface area contributed by atoms with Crippen LogP contribution in [0.2, 0.25) is 0 Å². The number of aliphatic hydroxyl groups excluding tert-OH is 1. The van der Waals surface area contributed by atoms with Crippen LogP contribution in [0.25, 0.3) is 6.08 Å². The van der Waals surface area contributed by atoms with Crippen molar-refractivity contribution in [1.82, 2.24) is 5.32 Å². The number of rotatable bonds is 7. The van der Waals surface area contributed by atoms with Crippen molar-refractivity contribution in [3.05, 3.63) is 88.0 Å². The van der Waals surface area contributed by atoms with Crippen molar-refractivity contribution < 1.29 is 24.1 Å². The zero-order valence-corrected chi connectivity index (χ0v) is 19.5. The van der Waals surface area contributed by atoms with Crippen molar-refractivity contribution in [2.24, 2.45) is 0 Å². The quantitative estimate of drug-likeness (QED) is 0.534. The van der Waals surface area contributed by atoms with E-state index >= 15 is 0 Å². The molecule has 6 heteroatoms. The summed E-state index contributed by atoms with van der Waals surface area (Å²) in [7, 11) is 1.66. The molecule has 2 aliphatic heterocycles. The number of methoxy groups -OCH3 is 1. The highest BCUT2D eigenvalue weighted by molar-refractivity contribution is 5.63. The minimum Gasteiger partial charge on any atom is -0.493 e. The molecule has 0 aromatic heterocycles. The molecule has 0 saturated carbocycles. The van der Waals surface area contributed by atoms with Crippen molar-refractivity contribution in [1.29, 1.82) is 0 Å². The lowest BCUT2D eigenvalue weighted by atomic mass is 9.90. The molecule has 2 aliphatic rings. The maximum atomic E-state index is 10.2. The molecule has 2 N–H and O–H groups in total. The standard InChI is InChI=1S/C28H29NO5/c1-18-12-25-26(34-17-33-25)14-20(18)8-9-24-23-13-21(15-30)27(28(31-2)22(23)10-11-29-24)32-16-19-6-4-3-5-7-19/h3-9,12-14,24,29-30H,10-11,15-17H2,1-2H3/b9-8+. The number of fused-ring (bicyclic) bond motifs is 2. The molecule has 0 amide bonds. The lowest BCUT2D eigenvalue weighted by Gasteiger charge is -2.29. The van der Waals surface area contributed by atoms with Crippen LogP contribution in [0.3, 0.4) is 0 Å². The summed E-state index contributed by atoms with van der Waals surface area (Å²) in [6.45, 7) is 3.42. The summed E-state index contributed by atoms with van der Waals surface area (Å²) < 4.78 is 23.0. The fraction of sp³-hybridized carbons (Fsp3) is 0.286. The molecule has 0 radical (unpaired) electrons. The first-order chi connectivity index (χ1) is 16.7. The van der Waals surface area contributed by atoms with Gasteiger partial charge in [-0.3, -0.25) is 0 Å². The van der Waals surface area contributed by atoms with Crippen LogP contribution >= 0.6 is 0 Å². The average Bonchev–Trinajstić information content (AvgIpc) is 3.32. The fourth-order valence-corrected chi connectivity index (χ4v) is 4.58. The molecule has 0 aliphatic carbocycles. The van der Waals surface area contributed by atoms with Gasteiger partial charge < -0.3 is 29.4 Å². The largest absolute Gasteiger partial charge is 0.493 e. The molecule has 3 aromatic carbocycles. The number of nitrogens with one attached hydrogen (secondary N) is 1. The van der Waals surface area contributed by atoms with Crippen molar-refractivity contribution >= 4 is 6.08 Å². The first-order valence-electron chi connectivity index (χ1n) is 11.5. The third-order valence-corrected chi connectivity index (χ3v) is 6.35. The van der Waals surface area contributed by atoms with Crippen molar-refractivity contribution in [2.75, 3.05) is 20.4 Å². The van der Waals surface area contributed by atoms with Crippen LogP contribution in [0, 0.1) is 6.92 Å². The van der Waals surface area contributed by atoms with Gasteiger partial charge in [0.15, 0.2) is 23.0 Å². The Hall–Kier alpha value is -3.48. The second kappa shape index (κ2) is 9.79. The maximum absolute atomic E-state index is 10.2. The maximum Gasteiger partial charge on any atom is 0.231 e. The Labute approximate surface area is 199 Å². The Balaban J connectivity index is 1.46. The van der Waals surface area contributed by atoms with E-state index in [1.807, 2.05) is 48.5 Å². The summed E-state index contributed by atoms with van der Waals surface area (Å²) in [5.74, 6) is 2.88. The first kappa shape index (κ1) is 22.3. The topological polar surface area (TPSA) is 69.2 Å². The minimum absolute atomic E-state index is 0.0176. The van der Waals surface area contributed by atoms with E-state index in [0.717, 1.165) is 52.3 Å². The molecule has 5 rings (SSSR count). The smallest absolute Gasteiger partial charge is 0.231 e. The lowest BCUT2D eigenvalue weighted by molar-refractivity contribution is 0.174. The van der Waals surface area contributed by atoms with E-state index in [1.54, 1.807) is 7.11 Å². The summed E-state index contributed by atoms with van der Waals surface area (Å²) in [6, 6.07) is 16.0. The van der Waals surface area contributed by atoms with Crippen molar-refractivity contribution in [2.45, 2.75) is 32.6 Å². The SMILES string of the molecule is COc1c2c(cc(CO)c1OCc1ccccc1)C(/C=C/c1cc3c(cc1C)OCO3)NCC2. The summed E-state index contributed by atoms with van der Waals surface area (Å²) in [4.78, 5) is 0. The Morgan fingerprint density at radius 3 is 2.65 bits per heavy atom. The number of hydrogen-bond donors (Lipinski definition) is 2. The monoisotopic (exact) mass is 459 g/mol. The normalized spacial score (nSPS) is 16.5. The zero-order valence-electron chi connectivity index (χ0n) is 19.5. The summed E-state index contributed by atoms with van der Waals surface area (Å²) >= 11 is 0. The van der Waals surface area contributed by atoms with E-state index in [0.29, 0.717) is 23.7 Å². The van der Waals surface area contributed by atoms with Gasteiger partial charge in [0.1, 0.15) is 6.61 Å². The second-order valence-corrected chi connectivity index (χ2v) is 8.50. The highest BCUT2D eigenvalue weighted by Crippen LogP contribution is 2.42. The highest BCUT2D eigenvalue weighted by Gasteiger charge is 2.26. The molecule has 1 unspecified atom stereocenters. The van der Waals surface area contributed by atoms with Gasteiger partial charge >= 0.3 is 0 Å². The Bertz CT molecular complexity index is 1210. The van der Waals surface area contributed by atoms with Gasteiger partial charge in [-0.2, -0.15) is 0 Å². The molecule has 34 heavy (non-hydrogen) atoms. The summed E-state index contributed by atoms with van der Waals surface area (Å²) in [6.07, 6.45) is 5.07. The molecule has 0 fully saturated rings. The molecular weight excluding hydrogens is 430 g/mol. The average molecular weight is 460 g/mol. The van der Waals surface area contributed by atoms with E-state index in [1.165, 1.54) is 0 Å². The lowest BCUT2D eigenvalue weighted by Crippen LogP contribution is -2.29.